The van der Waals surface area contributed by atoms with E-state index < -0.39 is 0 Å². The molecule has 1 fully saturated rings. The van der Waals surface area contributed by atoms with Crippen molar-refractivity contribution in [3.8, 4) is 0 Å². The minimum absolute atomic E-state index is 0.0920. The lowest BCUT2D eigenvalue weighted by atomic mass is 9.99. The van der Waals surface area contributed by atoms with Crippen LogP contribution >= 0.6 is 0 Å². The first-order chi connectivity index (χ1) is 4.83. The molecule has 1 aliphatic rings. The zero-order valence-electron chi connectivity index (χ0n) is 6.52. The van der Waals surface area contributed by atoms with Gasteiger partial charge in [-0.25, -0.2) is 0 Å². The topological polar surface area (TPSA) is 47.3 Å². The second kappa shape index (κ2) is 3.32. The van der Waals surface area contributed by atoms with Crippen molar-refractivity contribution in [3.63, 3.8) is 0 Å². The summed E-state index contributed by atoms with van der Waals surface area (Å²) in [7, 11) is 1.72. The van der Waals surface area contributed by atoms with Crippen molar-refractivity contribution in [1.29, 1.82) is 0 Å². The van der Waals surface area contributed by atoms with E-state index in [9.17, 15) is 0 Å². The second-order valence-corrected chi connectivity index (χ2v) is 2.95. The van der Waals surface area contributed by atoms with Gasteiger partial charge in [-0.05, 0) is 19.4 Å². The van der Waals surface area contributed by atoms with E-state index in [-0.39, 0.29) is 5.54 Å². The van der Waals surface area contributed by atoms with Gasteiger partial charge in [0.2, 0.25) is 0 Å². The second-order valence-electron chi connectivity index (χ2n) is 2.95. The number of hydrogen-bond acceptors (Lipinski definition) is 3. The summed E-state index contributed by atoms with van der Waals surface area (Å²) in [6.45, 7) is 2.50. The van der Waals surface area contributed by atoms with Crippen molar-refractivity contribution in [1.82, 2.24) is 5.32 Å². The number of nitrogens with one attached hydrogen (secondary N) is 1. The Morgan fingerprint density at radius 3 is 2.90 bits per heavy atom. The van der Waals surface area contributed by atoms with Crippen LogP contribution in [0.2, 0.25) is 0 Å². The Morgan fingerprint density at radius 2 is 2.50 bits per heavy atom. The Kier molecular flexibility index (Phi) is 2.65. The largest absolute Gasteiger partial charge is 0.383 e. The zero-order chi connectivity index (χ0) is 7.45. The summed E-state index contributed by atoms with van der Waals surface area (Å²) in [5.41, 5.74) is 5.70. The number of rotatable bonds is 3. The van der Waals surface area contributed by atoms with Crippen molar-refractivity contribution in [3.05, 3.63) is 0 Å². The van der Waals surface area contributed by atoms with Crippen LogP contribution in [0.5, 0.6) is 0 Å². The summed E-state index contributed by atoms with van der Waals surface area (Å²) in [5.74, 6) is 0. The van der Waals surface area contributed by atoms with Crippen LogP contribution in [0.15, 0.2) is 0 Å². The van der Waals surface area contributed by atoms with Gasteiger partial charge in [0.25, 0.3) is 0 Å². The molecule has 3 N–H and O–H groups in total. The molecule has 3 nitrogen and oxygen atoms in total. The van der Waals surface area contributed by atoms with E-state index in [1.165, 1.54) is 6.42 Å². The van der Waals surface area contributed by atoms with Crippen molar-refractivity contribution in [2.24, 2.45) is 5.73 Å². The Balaban J connectivity index is 2.41. The third kappa shape index (κ3) is 1.48. The van der Waals surface area contributed by atoms with Crippen LogP contribution in [0, 0.1) is 0 Å². The third-order valence-electron chi connectivity index (χ3n) is 2.14. The summed E-state index contributed by atoms with van der Waals surface area (Å²) in [6.07, 6.45) is 2.37. The molecule has 0 aromatic heterocycles. The highest BCUT2D eigenvalue weighted by molar-refractivity contribution is 4.93. The van der Waals surface area contributed by atoms with Gasteiger partial charge in [-0.3, -0.25) is 0 Å². The molecular formula is C7H16N2O. The molecule has 0 bridgehead atoms. The predicted molar refractivity (Wildman–Crippen MR) is 40.9 cm³/mol. The molecule has 1 saturated heterocycles. The van der Waals surface area contributed by atoms with Crippen LogP contribution in [-0.4, -0.2) is 32.3 Å². The van der Waals surface area contributed by atoms with Gasteiger partial charge >= 0.3 is 0 Å². The van der Waals surface area contributed by atoms with E-state index in [0.29, 0.717) is 6.54 Å². The van der Waals surface area contributed by atoms with E-state index >= 15 is 0 Å². The zero-order valence-corrected chi connectivity index (χ0v) is 6.52. The molecule has 0 spiro atoms. The third-order valence-corrected chi connectivity index (χ3v) is 2.14. The lowest BCUT2D eigenvalue weighted by Gasteiger charge is -2.26. The normalized spacial score (nSPS) is 33.0. The van der Waals surface area contributed by atoms with Crippen LogP contribution in [-0.2, 0) is 4.74 Å². The quantitative estimate of drug-likeness (QED) is 0.572. The van der Waals surface area contributed by atoms with E-state index in [0.717, 1.165) is 19.6 Å². The maximum Gasteiger partial charge on any atom is 0.0656 e. The Hall–Kier alpha value is -0.120. The van der Waals surface area contributed by atoms with Crippen LogP contribution in [0.1, 0.15) is 12.8 Å². The minimum atomic E-state index is 0.0920. The molecule has 0 amide bonds. The van der Waals surface area contributed by atoms with Gasteiger partial charge in [0.15, 0.2) is 0 Å². The molecule has 3 heteroatoms. The summed E-state index contributed by atoms with van der Waals surface area (Å²) in [5, 5.41) is 3.37. The molecule has 1 aliphatic heterocycles. The van der Waals surface area contributed by atoms with E-state index in [1.807, 2.05) is 0 Å². The minimum Gasteiger partial charge on any atom is -0.383 e. The first-order valence-electron chi connectivity index (χ1n) is 3.77. The van der Waals surface area contributed by atoms with Crippen LogP contribution in [0.4, 0.5) is 0 Å². The van der Waals surface area contributed by atoms with E-state index in [2.05, 4.69) is 5.32 Å². The number of ether oxygens (including phenoxy) is 1. The molecule has 0 saturated carbocycles. The number of nitrogens with two attached hydrogens (primary N) is 1. The standard InChI is InChI=1S/C7H16N2O/c1-10-6-7(5-8)3-2-4-9-7/h9H,2-6,8H2,1H3. The highest BCUT2D eigenvalue weighted by Gasteiger charge is 2.31. The Labute approximate surface area is 61.9 Å². The SMILES string of the molecule is COCC1(CN)CCCN1. The predicted octanol–water partition coefficient (Wildman–Crippen LogP) is -0.286. The van der Waals surface area contributed by atoms with Crippen LogP contribution in [0.25, 0.3) is 0 Å². The van der Waals surface area contributed by atoms with Crippen LogP contribution < -0.4 is 11.1 Å². The van der Waals surface area contributed by atoms with E-state index in [4.69, 9.17) is 10.5 Å². The fourth-order valence-corrected chi connectivity index (χ4v) is 1.50. The summed E-state index contributed by atoms with van der Waals surface area (Å²) in [6, 6.07) is 0. The van der Waals surface area contributed by atoms with Crippen molar-refractivity contribution < 1.29 is 4.74 Å². The van der Waals surface area contributed by atoms with E-state index in [1.54, 1.807) is 7.11 Å². The first kappa shape index (κ1) is 7.98. The maximum absolute atomic E-state index is 5.61. The Bertz CT molecular complexity index is 99.8. The highest BCUT2D eigenvalue weighted by Crippen LogP contribution is 2.17. The summed E-state index contributed by atoms with van der Waals surface area (Å²) in [4.78, 5) is 0. The van der Waals surface area contributed by atoms with Gasteiger partial charge in [0.05, 0.1) is 12.1 Å². The van der Waals surface area contributed by atoms with Gasteiger partial charge in [0, 0.05) is 13.7 Å². The van der Waals surface area contributed by atoms with Crippen molar-refractivity contribution in [2.45, 2.75) is 18.4 Å². The molecule has 1 heterocycles. The summed E-state index contributed by atoms with van der Waals surface area (Å²) < 4.78 is 5.08. The van der Waals surface area contributed by atoms with Gasteiger partial charge in [-0.2, -0.15) is 0 Å². The van der Waals surface area contributed by atoms with Crippen LogP contribution in [0.3, 0.4) is 0 Å². The molecule has 10 heavy (non-hydrogen) atoms. The molecular weight excluding hydrogens is 128 g/mol. The molecule has 0 radical (unpaired) electrons. The maximum atomic E-state index is 5.61. The monoisotopic (exact) mass is 144 g/mol. The van der Waals surface area contributed by atoms with Gasteiger partial charge in [0.1, 0.15) is 0 Å². The van der Waals surface area contributed by atoms with Gasteiger partial charge in [-0.15, -0.1) is 0 Å². The number of hydrogen-bond donors (Lipinski definition) is 2. The molecule has 1 atom stereocenters. The highest BCUT2D eigenvalue weighted by atomic mass is 16.5. The molecule has 0 aliphatic carbocycles. The average Bonchev–Trinajstić information content (AvgIpc) is 2.39. The number of methoxy groups -OCH3 is 1. The van der Waals surface area contributed by atoms with Crippen molar-refractivity contribution in [2.75, 3.05) is 26.8 Å². The molecule has 1 unspecified atom stereocenters. The van der Waals surface area contributed by atoms with Crippen molar-refractivity contribution >= 4 is 0 Å². The lowest BCUT2D eigenvalue weighted by Crippen LogP contribution is -2.50. The molecule has 0 aromatic carbocycles. The van der Waals surface area contributed by atoms with Gasteiger partial charge in [-0.1, -0.05) is 0 Å². The fraction of sp³-hybridized carbons (Fsp3) is 1.00. The summed E-state index contributed by atoms with van der Waals surface area (Å²) >= 11 is 0. The average molecular weight is 144 g/mol. The molecule has 60 valence electrons. The lowest BCUT2D eigenvalue weighted by molar-refractivity contribution is 0.124. The molecule has 0 aromatic rings. The first-order valence-corrected chi connectivity index (χ1v) is 3.77. The smallest absolute Gasteiger partial charge is 0.0656 e. The molecule has 1 rings (SSSR count). The Morgan fingerprint density at radius 1 is 1.70 bits per heavy atom. The van der Waals surface area contributed by atoms with Gasteiger partial charge < -0.3 is 15.8 Å². The fourth-order valence-electron chi connectivity index (χ4n) is 1.50.